The predicted octanol–water partition coefficient (Wildman–Crippen LogP) is 3.68. The fourth-order valence-corrected chi connectivity index (χ4v) is 3.61. The highest BCUT2D eigenvalue weighted by Crippen LogP contribution is 2.33. The number of rotatable bonds is 2. The maximum Gasteiger partial charge on any atom is 0.261 e. The first-order valence-corrected chi connectivity index (χ1v) is 7.99. The molecule has 0 N–H and O–H groups in total. The van der Waals surface area contributed by atoms with E-state index in [1.54, 1.807) is 48.1 Å². The molecule has 1 aliphatic heterocycles. The lowest BCUT2D eigenvalue weighted by molar-refractivity contribution is 0.0642. The van der Waals surface area contributed by atoms with E-state index in [9.17, 15) is 9.59 Å². The summed E-state index contributed by atoms with van der Waals surface area (Å²) < 4.78 is 1.59. The molecule has 0 unspecified atom stereocenters. The zero-order chi connectivity index (χ0) is 17.0. The van der Waals surface area contributed by atoms with Crippen molar-refractivity contribution in [1.29, 1.82) is 0 Å². The molecule has 0 saturated carbocycles. The molecule has 2 amide bonds. The lowest BCUT2D eigenvalue weighted by Gasteiger charge is -2.15. The third-order valence-electron chi connectivity index (χ3n) is 4.19. The first kappa shape index (κ1) is 15.2. The molecule has 5 nitrogen and oxygen atoms in total. The fraction of sp³-hybridized carbons (Fsp3) is 0.118. The molecule has 0 aliphatic carbocycles. The summed E-state index contributed by atoms with van der Waals surface area (Å²) in [5, 5.41) is 5.67. The normalized spacial score (nSPS) is 13.9. The van der Waals surface area contributed by atoms with Gasteiger partial charge in [-0.25, -0.2) is 0 Å². The number of hydrogen-bond donors (Lipinski definition) is 0. The molecule has 0 radical (unpaired) electrons. The van der Waals surface area contributed by atoms with Gasteiger partial charge in [0, 0.05) is 12.4 Å². The first-order valence-electron chi connectivity index (χ1n) is 7.24. The smallest absolute Gasteiger partial charge is 0.261 e. The highest BCUT2D eigenvalue weighted by molar-refractivity contribution is 6.39. The largest absolute Gasteiger partial charge is 0.270 e. The van der Waals surface area contributed by atoms with Crippen molar-refractivity contribution in [3.05, 3.63) is 63.3 Å². The maximum absolute atomic E-state index is 12.5. The van der Waals surface area contributed by atoms with Crippen LogP contribution in [0.5, 0.6) is 0 Å². The van der Waals surface area contributed by atoms with Crippen molar-refractivity contribution in [2.75, 3.05) is 0 Å². The van der Waals surface area contributed by atoms with Crippen LogP contribution in [-0.4, -0.2) is 26.5 Å². The summed E-state index contributed by atoms with van der Waals surface area (Å²) in [5.41, 5.74) is 2.18. The molecule has 4 rings (SSSR count). The monoisotopic (exact) mass is 359 g/mol. The molecule has 0 spiro atoms. The Morgan fingerprint density at radius 2 is 1.62 bits per heavy atom. The Morgan fingerprint density at radius 1 is 1.00 bits per heavy atom. The van der Waals surface area contributed by atoms with Crippen molar-refractivity contribution >= 4 is 45.9 Å². The van der Waals surface area contributed by atoms with Gasteiger partial charge in [-0.2, -0.15) is 5.10 Å². The maximum atomic E-state index is 12.5. The number of amides is 2. The standard InChI is InChI=1S/C17H11Cl2N3O2/c1-21-14-12(15(19)20-21)7-6-9(13(14)18)8-22-16(23)10-4-2-3-5-11(10)17(22)24/h2-7H,8H2,1H3. The van der Waals surface area contributed by atoms with Crippen LogP contribution in [0.1, 0.15) is 26.3 Å². The number of carbonyl (C=O) groups excluding carboxylic acids is 2. The van der Waals surface area contributed by atoms with E-state index in [2.05, 4.69) is 5.10 Å². The minimum atomic E-state index is -0.310. The summed E-state index contributed by atoms with van der Waals surface area (Å²) in [7, 11) is 1.74. The van der Waals surface area contributed by atoms with Crippen LogP contribution in [0, 0.1) is 0 Å². The van der Waals surface area contributed by atoms with E-state index in [0.717, 1.165) is 5.39 Å². The second-order valence-electron chi connectivity index (χ2n) is 5.59. The SMILES string of the molecule is Cn1nc(Cl)c2ccc(CN3C(=O)c4ccccc4C3=O)c(Cl)c21. The Labute approximate surface area is 147 Å². The minimum absolute atomic E-state index is 0.101. The Morgan fingerprint density at radius 3 is 2.25 bits per heavy atom. The van der Waals surface area contributed by atoms with Crippen molar-refractivity contribution in [2.24, 2.45) is 7.05 Å². The Kier molecular flexibility index (Phi) is 3.37. The van der Waals surface area contributed by atoms with Gasteiger partial charge in [-0.3, -0.25) is 19.2 Å². The predicted molar refractivity (Wildman–Crippen MR) is 91.4 cm³/mol. The third-order valence-corrected chi connectivity index (χ3v) is 4.89. The van der Waals surface area contributed by atoms with Gasteiger partial charge in [-0.1, -0.05) is 41.4 Å². The van der Waals surface area contributed by atoms with E-state index in [1.165, 1.54) is 4.90 Å². The molecule has 120 valence electrons. The molecule has 0 fully saturated rings. The Hall–Kier alpha value is -2.37. The van der Waals surface area contributed by atoms with E-state index in [1.807, 2.05) is 0 Å². The quantitative estimate of drug-likeness (QED) is 0.655. The number of fused-ring (bicyclic) bond motifs is 2. The van der Waals surface area contributed by atoms with Gasteiger partial charge in [0.25, 0.3) is 11.8 Å². The van der Waals surface area contributed by atoms with Crippen molar-refractivity contribution in [3.8, 4) is 0 Å². The number of aromatic nitrogens is 2. The lowest BCUT2D eigenvalue weighted by Crippen LogP contribution is -2.29. The van der Waals surface area contributed by atoms with Gasteiger partial charge in [-0.15, -0.1) is 0 Å². The van der Waals surface area contributed by atoms with Crippen LogP contribution < -0.4 is 0 Å². The molecule has 0 bridgehead atoms. The number of halogens is 2. The van der Waals surface area contributed by atoms with Crippen molar-refractivity contribution in [3.63, 3.8) is 0 Å². The zero-order valence-corrected chi connectivity index (χ0v) is 14.1. The zero-order valence-electron chi connectivity index (χ0n) is 12.6. The number of carbonyl (C=O) groups is 2. The number of nitrogens with zero attached hydrogens (tertiary/aromatic N) is 3. The molecular formula is C17H11Cl2N3O2. The van der Waals surface area contributed by atoms with Gasteiger partial charge in [0.2, 0.25) is 0 Å². The molecule has 1 aromatic heterocycles. The van der Waals surface area contributed by atoms with Gasteiger partial charge in [0.15, 0.2) is 5.15 Å². The van der Waals surface area contributed by atoms with Crippen LogP contribution in [0.3, 0.4) is 0 Å². The first-order chi connectivity index (χ1) is 11.5. The molecule has 2 aromatic carbocycles. The summed E-state index contributed by atoms with van der Waals surface area (Å²) in [6.45, 7) is 0.101. The van der Waals surface area contributed by atoms with Crippen molar-refractivity contribution in [2.45, 2.75) is 6.54 Å². The molecular weight excluding hydrogens is 349 g/mol. The lowest BCUT2D eigenvalue weighted by atomic mass is 10.1. The van der Waals surface area contributed by atoms with E-state index in [0.29, 0.717) is 32.4 Å². The average Bonchev–Trinajstić information content (AvgIpc) is 2.99. The highest BCUT2D eigenvalue weighted by Gasteiger charge is 2.35. The molecule has 2 heterocycles. The fourth-order valence-electron chi connectivity index (χ4n) is 3.00. The number of hydrogen-bond acceptors (Lipinski definition) is 3. The van der Waals surface area contributed by atoms with Crippen LogP contribution in [-0.2, 0) is 13.6 Å². The number of aryl methyl sites for hydroxylation is 1. The second-order valence-corrected chi connectivity index (χ2v) is 6.33. The molecule has 0 saturated heterocycles. The van der Waals surface area contributed by atoms with Gasteiger partial charge in [0.1, 0.15) is 0 Å². The number of benzene rings is 2. The average molecular weight is 360 g/mol. The van der Waals surface area contributed by atoms with Gasteiger partial charge < -0.3 is 0 Å². The van der Waals surface area contributed by atoms with E-state index >= 15 is 0 Å². The van der Waals surface area contributed by atoms with Gasteiger partial charge in [0.05, 0.1) is 28.2 Å². The van der Waals surface area contributed by atoms with Gasteiger partial charge in [-0.05, 0) is 23.8 Å². The molecule has 0 atom stereocenters. The summed E-state index contributed by atoms with van der Waals surface area (Å²) in [5.74, 6) is -0.621. The van der Waals surface area contributed by atoms with Crippen molar-refractivity contribution in [1.82, 2.24) is 14.7 Å². The summed E-state index contributed by atoms with van der Waals surface area (Å²) in [6.07, 6.45) is 0. The van der Waals surface area contributed by atoms with E-state index in [4.69, 9.17) is 23.2 Å². The van der Waals surface area contributed by atoms with Crippen LogP contribution in [0.2, 0.25) is 10.2 Å². The molecule has 3 aromatic rings. The van der Waals surface area contributed by atoms with Gasteiger partial charge >= 0.3 is 0 Å². The summed E-state index contributed by atoms with van der Waals surface area (Å²) in [4.78, 5) is 26.2. The molecule has 1 aliphatic rings. The Balaban J connectivity index is 1.76. The van der Waals surface area contributed by atoms with E-state index < -0.39 is 0 Å². The third kappa shape index (κ3) is 2.05. The molecule has 7 heteroatoms. The summed E-state index contributed by atoms with van der Waals surface area (Å²) >= 11 is 12.5. The topological polar surface area (TPSA) is 55.2 Å². The van der Waals surface area contributed by atoms with Crippen LogP contribution in [0.4, 0.5) is 0 Å². The summed E-state index contributed by atoms with van der Waals surface area (Å²) in [6, 6.07) is 10.3. The van der Waals surface area contributed by atoms with Crippen LogP contribution in [0.25, 0.3) is 10.9 Å². The highest BCUT2D eigenvalue weighted by atomic mass is 35.5. The van der Waals surface area contributed by atoms with Crippen LogP contribution in [0.15, 0.2) is 36.4 Å². The second kappa shape index (κ2) is 5.33. The molecule has 24 heavy (non-hydrogen) atoms. The van der Waals surface area contributed by atoms with Crippen LogP contribution >= 0.6 is 23.2 Å². The minimum Gasteiger partial charge on any atom is -0.270 e. The number of imide groups is 1. The van der Waals surface area contributed by atoms with E-state index in [-0.39, 0.29) is 18.4 Å². The Bertz CT molecular complexity index is 991. The van der Waals surface area contributed by atoms with Crippen molar-refractivity contribution < 1.29 is 9.59 Å².